The van der Waals surface area contributed by atoms with Crippen molar-refractivity contribution in [1.82, 2.24) is 5.32 Å². The molecule has 0 heterocycles. The van der Waals surface area contributed by atoms with E-state index in [-0.39, 0.29) is 12.1 Å². The maximum absolute atomic E-state index is 9.51. The number of aliphatic hydroxyl groups is 1. The lowest BCUT2D eigenvalue weighted by atomic mass is 9.97. The van der Waals surface area contributed by atoms with Gasteiger partial charge in [-0.15, -0.1) is 11.8 Å². The van der Waals surface area contributed by atoms with Crippen molar-refractivity contribution >= 4 is 11.8 Å². The molecule has 0 spiro atoms. The molecule has 0 saturated carbocycles. The third kappa shape index (κ3) is 4.63. The van der Waals surface area contributed by atoms with E-state index in [1.54, 1.807) is 0 Å². The second kappa shape index (κ2) is 7.17. The average Bonchev–Trinajstić information content (AvgIpc) is 2.32. The van der Waals surface area contributed by atoms with Crippen molar-refractivity contribution in [2.75, 3.05) is 13.2 Å². The van der Waals surface area contributed by atoms with Crippen molar-refractivity contribution < 1.29 is 5.11 Å². The van der Waals surface area contributed by atoms with Crippen LogP contribution < -0.4 is 5.32 Å². The van der Waals surface area contributed by atoms with Gasteiger partial charge in [0.15, 0.2) is 0 Å². The Labute approximate surface area is 115 Å². The van der Waals surface area contributed by atoms with Crippen molar-refractivity contribution in [3.63, 3.8) is 0 Å². The topological polar surface area (TPSA) is 32.3 Å². The highest BCUT2D eigenvalue weighted by molar-refractivity contribution is 8.00. The summed E-state index contributed by atoms with van der Waals surface area (Å²) in [7, 11) is 0. The standard InChI is InChI=1S/C15H25NOS/c1-5-16-15(4,11-17)10-13(3)18-14-9-7-6-8-12(14)2/h6-9,13,16-17H,5,10-11H2,1-4H3. The highest BCUT2D eigenvalue weighted by atomic mass is 32.2. The summed E-state index contributed by atoms with van der Waals surface area (Å²) in [5.41, 5.74) is 1.15. The second-order valence-corrected chi connectivity index (χ2v) is 6.63. The molecule has 2 unspecified atom stereocenters. The molecule has 1 aromatic carbocycles. The van der Waals surface area contributed by atoms with Gasteiger partial charge in [-0.05, 0) is 38.4 Å². The van der Waals surface area contributed by atoms with Crippen LogP contribution in [0, 0.1) is 6.92 Å². The van der Waals surface area contributed by atoms with Crippen molar-refractivity contribution in [3.8, 4) is 0 Å². The van der Waals surface area contributed by atoms with Crippen LogP contribution >= 0.6 is 11.8 Å². The Balaban J connectivity index is 2.61. The molecule has 0 bridgehead atoms. The van der Waals surface area contributed by atoms with E-state index in [0.29, 0.717) is 5.25 Å². The minimum Gasteiger partial charge on any atom is -0.394 e. The summed E-state index contributed by atoms with van der Waals surface area (Å²) < 4.78 is 0. The molecule has 0 radical (unpaired) electrons. The minimum atomic E-state index is -0.177. The van der Waals surface area contributed by atoms with Gasteiger partial charge in [-0.1, -0.05) is 32.0 Å². The lowest BCUT2D eigenvalue weighted by Gasteiger charge is -2.31. The summed E-state index contributed by atoms with van der Waals surface area (Å²) in [5.74, 6) is 0. The van der Waals surface area contributed by atoms with E-state index < -0.39 is 0 Å². The molecule has 1 aromatic rings. The Morgan fingerprint density at radius 1 is 1.39 bits per heavy atom. The first-order chi connectivity index (χ1) is 8.50. The molecule has 0 aromatic heterocycles. The highest BCUT2D eigenvalue weighted by Crippen LogP contribution is 2.30. The summed E-state index contributed by atoms with van der Waals surface area (Å²) in [5, 5.41) is 13.4. The fraction of sp³-hybridized carbons (Fsp3) is 0.600. The molecule has 0 aliphatic rings. The second-order valence-electron chi connectivity index (χ2n) is 5.15. The number of aryl methyl sites for hydroxylation is 1. The predicted molar refractivity (Wildman–Crippen MR) is 80.3 cm³/mol. The summed E-state index contributed by atoms with van der Waals surface area (Å²) in [6, 6.07) is 8.46. The summed E-state index contributed by atoms with van der Waals surface area (Å²) in [6.07, 6.45) is 0.955. The molecule has 0 saturated heterocycles. The number of hydrogen-bond donors (Lipinski definition) is 2. The molecular formula is C15H25NOS. The van der Waals surface area contributed by atoms with Crippen LogP contribution in [-0.4, -0.2) is 29.0 Å². The van der Waals surface area contributed by atoms with Gasteiger partial charge in [0.25, 0.3) is 0 Å². The third-order valence-electron chi connectivity index (χ3n) is 3.11. The van der Waals surface area contributed by atoms with Crippen molar-refractivity contribution in [2.45, 2.75) is 49.8 Å². The Bertz CT molecular complexity index is 369. The average molecular weight is 267 g/mol. The largest absolute Gasteiger partial charge is 0.394 e. The molecule has 2 N–H and O–H groups in total. The Kier molecular flexibility index (Phi) is 6.19. The fourth-order valence-corrected chi connectivity index (χ4v) is 3.50. The molecule has 102 valence electrons. The van der Waals surface area contributed by atoms with Crippen LogP contribution in [0.3, 0.4) is 0 Å². The maximum Gasteiger partial charge on any atom is 0.0611 e. The monoisotopic (exact) mass is 267 g/mol. The lowest BCUT2D eigenvalue weighted by molar-refractivity contribution is 0.168. The Hall–Kier alpha value is -0.510. The minimum absolute atomic E-state index is 0.177. The van der Waals surface area contributed by atoms with E-state index >= 15 is 0 Å². The number of aliphatic hydroxyl groups excluding tert-OH is 1. The third-order valence-corrected chi connectivity index (χ3v) is 4.39. The van der Waals surface area contributed by atoms with Gasteiger partial charge in [0.1, 0.15) is 0 Å². The molecule has 2 nitrogen and oxygen atoms in total. The van der Waals surface area contributed by atoms with E-state index in [4.69, 9.17) is 0 Å². The zero-order valence-electron chi connectivity index (χ0n) is 11.9. The summed E-state index contributed by atoms with van der Waals surface area (Å²) >= 11 is 1.89. The van der Waals surface area contributed by atoms with E-state index in [9.17, 15) is 5.11 Å². The van der Waals surface area contributed by atoms with Crippen molar-refractivity contribution in [1.29, 1.82) is 0 Å². The van der Waals surface area contributed by atoms with Crippen LogP contribution in [0.2, 0.25) is 0 Å². The molecular weight excluding hydrogens is 242 g/mol. The van der Waals surface area contributed by atoms with Crippen LogP contribution in [-0.2, 0) is 0 Å². The number of rotatable bonds is 7. The number of benzene rings is 1. The van der Waals surface area contributed by atoms with Crippen molar-refractivity contribution in [3.05, 3.63) is 29.8 Å². The Morgan fingerprint density at radius 3 is 2.61 bits per heavy atom. The zero-order valence-corrected chi connectivity index (χ0v) is 12.7. The number of thioether (sulfide) groups is 1. The summed E-state index contributed by atoms with van der Waals surface area (Å²) in [4.78, 5) is 1.33. The van der Waals surface area contributed by atoms with Crippen molar-refractivity contribution in [2.24, 2.45) is 0 Å². The van der Waals surface area contributed by atoms with Crippen LogP contribution in [0.5, 0.6) is 0 Å². The quantitative estimate of drug-likeness (QED) is 0.744. The van der Waals surface area contributed by atoms with Crippen LogP contribution in [0.25, 0.3) is 0 Å². The molecule has 0 amide bonds. The molecule has 0 aliphatic heterocycles. The van der Waals surface area contributed by atoms with Gasteiger partial charge in [0.05, 0.1) is 6.61 Å². The predicted octanol–water partition coefficient (Wildman–Crippen LogP) is 3.23. The summed E-state index contributed by atoms with van der Waals surface area (Å²) in [6.45, 7) is 9.60. The van der Waals surface area contributed by atoms with E-state index in [0.717, 1.165) is 13.0 Å². The normalized spacial score (nSPS) is 16.3. The van der Waals surface area contributed by atoms with E-state index in [1.807, 2.05) is 11.8 Å². The molecule has 2 atom stereocenters. The van der Waals surface area contributed by atoms with Gasteiger partial charge in [0.2, 0.25) is 0 Å². The first kappa shape index (κ1) is 15.5. The molecule has 0 aliphatic carbocycles. The zero-order chi connectivity index (χ0) is 13.6. The molecule has 0 fully saturated rings. The van der Waals surface area contributed by atoms with E-state index in [2.05, 4.69) is 57.3 Å². The Morgan fingerprint density at radius 2 is 2.06 bits per heavy atom. The van der Waals surface area contributed by atoms with Crippen LogP contribution in [0.4, 0.5) is 0 Å². The number of nitrogens with one attached hydrogen (secondary N) is 1. The maximum atomic E-state index is 9.51. The highest BCUT2D eigenvalue weighted by Gasteiger charge is 2.25. The first-order valence-corrected chi connectivity index (χ1v) is 7.47. The first-order valence-electron chi connectivity index (χ1n) is 6.59. The molecule has 1 rings (SSSR count). The van der Waals surface area contributed by atoms with Gasteiger partial charge < -0.3 is 10.4 Å². The van der Waals surface area contributed by atoms with Crippen LogP contribution in [0.15, 0.2) is 29.2 Å². The fourth-order valence-electron chi connectivity index (χ4n) is 2.20. The smallest absolute Gasteiger partial charge is 0.0611 e. The van der Waals surface area contributed by atoms with Gasteiger partial charge in [-0.3, -0.25) is 0 Å². The van der Waals surface area contributed by atoms with Gasteiger partial charge in [-0.25, -0.2) is 0 Å². The molecule has 18 heavy (non-hydrogen) atoms. The van der Waals surface area contributed by atoms with Crippen LogP contribution in [0.1, 0.15) is 32.8 Å². The van der Waals surface area contributed by atoms with Gasteiger partial charge >= 0.3 is 0 Å². The van der Waals surface area contributed by atoms with E-state index in [1.165, 1.54) is 10.5 Å². The van der Waals surface area contributed by atoms with Gasteiger partial charge in [-0.2, -0.15) is 0 Å². The lowest BCUT2D eigenvalue weighted by Crippen LogP contribution is -2.47. The SMILES string of the molecule is CCNC(C)(CO)CC(C)Sc1ccccc1C. The number of likely N-dealkylation sites (N-methyl/N-ethyl adjacent to an activating group) is 1. The number of hydrogen-bond acceptors (Lipinski definition) is 3. The molecule has 3 heteroatoms. The van der Waals surface area contributed by atoms with Gasteiger partial charge in [0, 0.05) is 15.7 Å².